The second-order valence-corrected chi connectivity index (χ2v) is 10.9. The highest BCUT2D eigenvalue weighted by Gasteiger charge is 2.51. The predicted molar refractivity (Wildman–Crippen MR) is 122 cm³/mol. The van der Waals surface area contributed by atoms with Gasteiger partial charge in [0.2, 0.25) is 0 Å². The van der Waals surface area contributed by atoms with Crippen molar-refractivity contribution in [2.45, 2.75) is 98.4 Å². The molecule has 3 saturated heterocycles. The molecule has 0 aromatic heterocycles. The highest BCUT2D eigenvalue weighted by Crippen LogP contribution is 2.37. The smallest absolute Gasteiger partial charge is 0.394 e. The Bertz CT molecular complexity index is 828. The minimum atomic E-state index is -4.92. The van der Waals surface area contributed by atoms with Crippen molar-refractivity contribution in [3.05, 3.63) is 0 Å². The molecule has 3 heterocycles. The minimum absolute atomic E-state index is 0.214. The molecule has 0 radical (unpaired) electrons. The van der Waals surface area contributed by atoms with Crippen molar-refractivity contribution in [2.75, 3.05) is 26.4 Å². The molecule has 20 heteroatoms. The van der Waals surface area contributed by atoms with Gasteiger partial charge in [0, 0.05) is 0 Å². The lowest BCUT2D eigenvalue weighted by Gasteiger charge is -2.46. The quantitative estimate of drug-likeness (QED) is 0.0964. The Morgan fingerprint density at radius 2 is 1.12 bits per heavy atom. The van der Waals surface area contributed by atoms with Gasteiger partial charge in [-0.25, -0.2) is 4.57 Å². The SMILES string of the molecule is O=P(O)(O)OCC1OC(CCOC2OC(CO)C(OC3OC(CO)C(O)C(O)C3O)C(O)C2O)C(O)C(O)C1O. The summed E-state index contributed by atoms with van der Waals surface area (Å²) in [4.78, 5) is 17.7. The molecule has 0 saturated carbocycles. The maximum absolute atomic E-state index is 10.9. The van der Waals surface area contributed by atoms with Gasteiger partial charge in [0.25, 0.3) is 0 Å². The Balaban J connectivity index is 1.57. The molecule has 3 rings (SSSR count). The minimum Gasteiger partial charge on any atom is -0.394 e. The summed E-state index contributed by atoms with van der Waals surface area (Å²) < 4.78 is 42.1. The van der Waals surface area contributed by atoms with Gasteiger partial charge in [-0.3, -0.25) is 4.52 Å². The molecule has 0 aliphatic carbocycles. The standard InChI is InChI=1S/C20H37O19P/c21-3-7-11(24)14(27)16(29)20(37-7)39-18-8(4-22)38-19(17(30)15(18)28)34-2-1-6-10(23)13(26)12(25)9(36-6)5-35-40(31,32)33/h6-30H,1-5H2,(H2,31,32,33). The van der Waals surface area contributed by atoms with Crippen LogP contribution in [0.5, 0.6) is 0 Å². The van der Waals surface area contributed by atoms with Gasteiger partial charge in [-0.2, -0.15) is 0 Å². The maximum atomic E-state index is 10.9. The van der Waals surface area contributed by atoms with Crippen LogP contribution in [-0.4, -0.2) is 179 Å². The number of aliphatic hydroxyl groups is 10. The monoisotopic (exact) mass is 612 g/mol. The fourth-order valence-electron chi connectivity index (χ4n) is 4.57. The molecule has 40 heavy (non-hydrogen) atoms. The molecule has 0 spiro atoms. The zero-order chi connectivity index (χ0) is 29.9. The first-order valence-electron chi connectivity index (χ1n) is 12.3. The summed E-state index contributed by atoms with van der Waals surface area (Å²) >= 11 is 0. The van der Waals surface area contributed by atoms with Gasteiger partial charge in [-0.05, 0) is 6.42 Å². The number of hydrogen-bond donors (Lipinski definition) is 12. The molecule has 3 aliphatic heterocycles. The molecule has 0 amide bonds. The van der Waals surface area contributed by atoms with E-state index < -0.39 is 120 Å². The lowest BCUT2D eigenvalue weighted by molar-refractivity contribution is -0.359. The van der Waals surface area contributed by atoms with E-state index in [0.717, 1.165) is 0 Å². The number of hydrogen-bond acceptors (Lipinski definition) is 17. The Morgan fingerprint density at radius 3 is 1.73 bits per heavy atom. The number of ether oxygens (including phenoxy) is 5. The first-order chi connectivity index (χ1) is 18.7. The summed E-state index contributed by atoms with van der Waals surface area (Å²) in [5, 5.41) is 101. The van der Waals surface area contributed by atoms with E-state index in [1.807, 2.05) is 0 Å². The van der Waals surface area contributed by atoms with Crippen LogP contribution in [-0.2, 0) is 32.8 Å². The first-order valence-corrected chi connectivity index (χ1v) is 13.8. The van der Waals surface area contributed by atoms with E-state index in [1.165, 1.54) is 0 Å². The van der Waals surface area contributed by atoms with Gasteiger partial charge in [0.1, 0.15) is 73.2 Å². The van der Waals surface area contributed by atoms with Gasteiger partial charge in [-0.1, -0.05) is 0 Å². The molecule has 0 aromatic rings. The van der Waals surface area contributed by atoms with Crippen LogP contribution in [0.4, 0.5) is 0 Å². The third-order valence-corrected chi connectivity index (χ3v) is 7.35. The van der Waals surface area contributed by atoms with Gasteiger partial charge < -0.3 is 84.5 Å². The zero-order valence-corrected chi connectivity index (χ0v) is 21.8. The van der Waals surface area contributed by atoms with E-state index in [1.54, 1.807) is 0 Å². The van der Waals surface area contributed by atoms with Crippen LogP contribution in [0.15, 0.2) is 0 Å². The maximum Gasteiger partial charge on any atom is 0.469 e. The summed E-state index contributed by atoms with van der Waals surface area (Å²) in [5.41, 5.74) is 0. The Kier molecular flexibility index (Phi) is 12.2. The second kappa shape index (κ2) is 14.3. The summed E-state index contributed by atoms with van der Waals surface area (Å²) in [6, 6.07) is 0. The Morgan fingerprint density at radius 1 is 0.600 bits per heavy atom. The van der Waals surface area contributed by atoms with Crippen molar-refractivity contribution < 1.29 is 93.6 Å². The number of aliphatic hydroxyl groups excluding tert-OH is 10. The van der Waals surface area contributed by atoms with E-state index in [0.29, 0.717) is 0 Å². The third kappa shape index (κ3) is 7.91. The summed E-state index contributed by atoms with van der Waals surface area (Å²) in [6.07, 6.45) is -24.4. The Hall–Kier alpha value is -0.490. The lowest BCUT2D eigenvalue weighted by Crippen LogP contribution is -2.64. The predicted octanol–water partition coefficient (Wildman–Crippen LogP) is -7.02. The van der Waals surface area contributed by atoms with Crippen molar-refractivity contribution in [1.82, 2.24) is 0 Å². The van der Waals surface area contributed by atoms with Crippen LogP contribution in [0.3, 0.4) is 0 Å². The zero-order valence-electron chi connectivity index (χ0n) is 20.9. The second-order valence-electron chi connectivity index (χ2n) is 9.64. The molecule has 0 bridgehead atoms. The largest absolute Gasteiger partial charge is 0.469 e. The summed E-state index contributed by atoms with van der Waals surface area (Å²) in [7, 11) is -4.92. The first kappa shape index (κ1) is 34.0. The van der Waals surface area contributed by atoms with Crippen LogP contribution < -0.4 is 0 Å². The van der Waals surface area contributed by atoms with Crippen LogP contribution >= 0.6 is 7.82 Å². The highest BCUT2D eigenvalue weighted by atomic mass is 31.2. The van der Waals surface area contributed by atoms with Gasteiger partial charge in [-0.15, -0.1) is 0 Å². The van der Waals surface area contributed by atoms with Crippen LogP contribution in [0.1, 0.15) is 6.42 Å². The molecule has 3 fully saturated rings. The molecule has 15 unspecified atom stereocenters. The molecule has 236 valence electrons. The van der Waals surface area contributed by atoms with Crippen LogP contribution in [0.2, 0.25) is 0 Å². The molecule has 3 aliphatic rings. The average molecular weight is 612 g/mol. The van der Waals surface area contributed by atoms with Crippen molar-refractivity contribution >= 4 is 7.82 Å². The van der Waals surface area contributed by atoms with E-state index >= 15 is 0 Å². The molecule has 0 aromatic carbocycles. The lowest BCUT2D eigenvalue weighted by atomic mass is 9.94. The fourth-order valence-corrected chi connectivity index (χ4v) is 4.91. The normalized spacial score (nSPS) is 46.9. The topological polar surface area (TPSA) is 315 Å². The fraction of sp³-hybridized carbons (Fsp3) is 1.00. The summed E-state index contributed by atoms with van der Waals surface area (Å²) in [5.74, 6) is 0. The van der Waals surface area contributed by atoms with Crippen molar-refractivity contribution in [1.29, 1.82) is 0 Å². The average Bonchev–Trinajstić information content (AvgIpc) is 2.91. The van der Waals surface area contributed by atoms with Crippen LogP contribution in [0, 0.1) is 0 Å². The highest BCUT2D eigenvalue weighted by molar-refractivity contribution is 7.46. The summed E-state index contributed by atoms with van der Waals surface area (Å²) in [6.45, 7) is -2.70. The van der Waals surface area contributed by atoms with E-state index in [2.05, 4.69) is 4.52 Å². The van der Waals surface area contributed by atoms with E-state index in [-0.39, 0.29) is 13.0 Å². The van der Waals surface area contributed by atoms with Crippen molar-refractivity contribution in [3.8, 4) is 0 Å². The van der Waals surface area contributed by atoms with Crippen LogP contribution in [0.25, 0.3) is 0 Å². The number of phosphoric acid groups is 1. The van der Waals surface area contributed by atoms with Crippen molar-refractivity contribution in [3.63, 3.8) is 0 Å². The van der Waals surface area contributed by atoms with Gasteiger partial charge >= 0.3 is 7.82 Å². The molecule has 19 nitrogen and oxygen atoms in total. The number of phosphoric ester groups is 1. The Labute approximate surface area is 226 Å². The molecule has 15 atom stereocenters. The number of rotatable bonds is 11. The van der Waals surface area contributed by atoms with Crippen molar-refractivity contribution in [2.24, 2.45) is 0 Å². The third-order valence-electron chi connectivity index (χ3n) is 6.86. The van der Waals surface area contributed by atoms with E-state index in [4.69, 9.17) is 33.5 Å². The molecule has 12 N–H and O–H groups in total. The molecular formula is C20H37O19P. The molecular weight excluding hydrogens is 575 g/mol. The van der Waals surface area contributed by atoms with E-state index in [9.17, 15) is 55.6 Å². The van der Waals surface area contributed by atoms with Gasteiger partial charge in [0.15, 0.2) is 12.6 Å². The van der Waals surface area contributed by atoms with Gasteiger partial charge in [0.05, 0.1) is 32.5 Å².